The van der Waals surface area contributed by atoms with Crippen LogP contribution in [0.4, 0.5) is 4.39 Å². The number of Topliss-reactive ketones (excluding diaryl/α,β-unsaturated/α-hetero) is 1. The van der Waals surface area contributed by atoms with E-state index in [4.69, 9.17) is 5.73 Å². The summed E-state index contributed by atoms with van der Waals surface area (Å²) >= 11 is 3.20. The average molecular weight is 326 g/mol. The number of aromatic nitrogens is 2. The molecule has 100 valence electrons. The third kappa shape index (κ3) is 3.71. The Hall–Kier alpha value is -1.53. The van der Waals surface area contributed by atoms with Crippen molar-refractivity contribution >= 4 is 21.7 Å². The Morgan fingerprint density at radius 2 is 2.21 bits per heavy atom. The van der Waals surface area contributed by atoms with E-state index in [1.165, 1.54) is 12.1 Å². The van der Waals surface area contributed by atoms with Gasteiger partial charge in [0.05, 0.1) is 6.33 Å². The van der Waals surface area contributed by atoms with Gasteiger partial charge >= 0.3 is 0 Å². The molecule has 0 spiro atoms. The molecule has 0 aliphatic rings. The number of hydrogen-bond donors (Lipinski definition) is 1. The minimum atomic E-state index is -0.370. The first kappa shape index (κ1) is 13.9. The van der Waals surface area contributed by atoms with Gasteiger partial charge in [0.25, 0.3) is 0 Å². The van der Waals surface area contributed by atoms with Gasteiger partial charge in [0, 0.05) is 30.2 Å². The second-order valence-corrected chi connectivity index (χ2v) is 5.08. The zero-order valence-electron chi connectivity index (χ0n) is 10.1. The van der Waals surface area contributed by atoms with Crippen LogP contribution in [0.1, 0.15) is 16.1 Å². The second-order valence-electron chi connectivity index (χ2n) is 4.16. The smallest absolute Gasteiger partial charge is 0.187 e. The Balaban J connectivity index is 2.11. The van der Waals surface area contributed by atoms with Crippen molar-refractivity contribution in [3.05, 3.63) is 52.3 Å². The fourth-order valence-corrected chi connectivity index (χ4v) is 2.28. The van der Waals surface area contributed by atoms with Crippen molar-refractivity contribution in [2.45, 2.75) is 13.0 Å². The zero-order valence-corrected chi connectivity index (χ0v) is 11.7. The molecule has 1 aromatic carbocycles. The molecular formula is C13H13BrFN3O. The number of nitrogens with zero attached hydrogens (tertiary/aromatic N) is 2. The molecule has 0 amide bonds. The maximum absolute atomic E-state index is 13.2. The monoisotopic (exact) mass is 325 g/mol. The number of benzene rings is 1. The normalized spacial score (nSPS) is 10.7. The summed E-state index contributed by atoms with van der Waals surface area (Å²) in [5, 5.41) is 0. The Morgan fingerprint density at radius 1 is 1.42 bits per heavy atom. The molecule has 0 unspecified atom stereocenters. The zero-order chi connectivity index (χ0) is 13.8. The van der Waals surface area contributed by atoms with Gasteiger partial charge in [-0.3, -0.25) is 4.79 Å². The molecule has 0 saturated heterocycles. The third-order valence-corrected chi connectivity index (χ3v) is 3.05. The van der Waals surface area contributed by atoms with Crippen LogP contribution in [0.15, 0.2) is 35.2 Å². The molecule has 0 atom stereocenters. The van der Waals surface area contributed by atoms with E-state index >= 15 is 0 Å². The van der Waals surface area contributed by atoms with Crippen LogP contribution >= 0.6 is 15.9 Å². The lowest BCUT2D eigenvalue weighted by Gasteiger charge is -2.01. The van der Waals surface area contributed by atoms with Crippen LogP contribution in [0.2, 0.25) is 0 Å². The molecule has 6 heteroatoms. The molecule has 0 fully saturated rings. The number of ketones is 1. The van der Waals surface area contributed by atoms with Gasteiger partial charge in [-0.15, -0.1) is 0 Å². The summed E-state index contributed by atoms with van der Waals surface area (Å²) in [6.45, 7) is 1.10. The number of hydrogen-bond acceptors (Lipinski definition) is 3. The van der Waals surface area contributed by atoms with E-state index in [-0.39, 0.29) is 18.0 Å². The Labute approximate surface area is 118 Å². The first-order valence-corrected chi connectivity index (χ1v) is 6.58. The first-order valence-electron chi connectivity index (χ1n) is 5.78. The highest BCUT2D eigenvalue weighted by molar-refractivity contribution is 9.10. The fourth-order valence-electron chi connectivity index (χ4n) is 1.76. The van der Waals surface area contributed by atoms with Crippen LogP contribution in [0.5, 0.6) is 0 Å². The Bertz CT molecular complexity index is 577. The van der Waals surface area contributed by atoms with Gasteiger partial charge in [0.15, 0.2) is 5.78 Å². The molecule has 2 N–H and O–H groups in total. The van der Waals surface area contributed by atoms with E-state index in [0.29, 0.717) is 28.8 Å². The van der Waals surface area contributed by atoms with Crippen molar-refractivity contribution in [1.29, 1.82) is 0 Å². The Kier molecular flexibility index (Phi) is 4.44. The van der Waals surface area contributed by atoms with E-state index in [1.54, 1.807) is 23.2 Å². The molecule has 19 heavy (non-hydrogen) atoms. The van der Waals surface area contributed by atoms with Gasteiger partial charge in [0.2, 0.25) is 0 Å². The average Bonchev–Trinajstić information content (AvgIpc) is 2.76. The molecule has 2 aromatic rings. The summed E-state index contributed by atoms with van der Waals surface area (Å²) in [5.41, 5.74) is 6.41. The van der Waals surface area contributed by atoms with Gasteiger partial charge in [-0.2, -0.15) is 0 Å². The van der Waals surface area contributed by atoms with Crippen LogP contribution in [-0.2, 0) is 13.0 Å². The maximum atomic E-state index is 13.2. The number of carbonyl (C=O) groups excluding carboxylic acids is 1. The lowest BCUT2D eigenvalue weighted by atomic mass is 10.1. The molecule has 1 heterocycles. The Morgan fingerprint density at radius 3 is 2.89 bits per heavy atom. The molecule has 0 radical (unpaired) electrons. The SMILES string of the molecule is NCCn1cnc(C(=O)Cc2cc(F)cc(Br)c2)c1. The van der Waals surface area contributed by atoms with Crippen molar-refractivity contribution in [3.63, 3.8) is 0 Å². The van der Waals surface area contributed by atoms with E-state index in [9.17, 15) is 9.18 Å². The van der Waals surface area contributed by atoms with Crippen molar-refractivity contribution < 1.29 is 9.18 Å². The van der Waals surface area contributed by atoms with Crippen LogP contribution < -0.4 is 5.73 Å². The standard InChI is InChI=1S/C13H13BrFN3O/c14-10-3-9(4-11(15)6-10)5-13(19)12-7-18(2-1-16)8-17-12/h3-4,6-8H,1-2,5,16H2. The highest BCUT2D eigenvalue weighted by Gasteiger charge is 2.11. The summed E-state index contributed by atoms with van der Waals surface area (Å²) in [7, 11) is 0. The second kappa shape index (κ2) is 6.08. The quantitative estimate of drug-likeness (QED) is 0.857. The predicted octanol–water partition coefficient (Wildman–Crippen LogP) is 2.17. The molecule has 0 aliphatic heterocycles. The van der Waals surface area contributed by atoms with Gasteiger partial charge in [0.1, 0.15) is 11.5 Å². The van der Waals surface area contributed by atoms with E-state index in [0.717, 1.165) is 0 Å². The van der Waals surface area contributed by atoms with Crippen LogP contribution in [0, 0.1) is 5.82 Å². The van der Waals surface area contributed by atoms with Gasteiger partial charge in [-0.1, -0.05) is 15.9 Å². The topological polar surface area (TPSA) is 60.9 Å². The van der Waals surface area contributed by atoms with E-state index in [1.807, 2.05) is 0 Å². The molecule has 0 saturated carbocycles. The lowest BCUT2D eigenvalue weighted by Crippen LogP contribution is -2.08. The van der Waals surface area contributed by atoms with E-state index in [2.05, 4.69) is 20.9 Å². The highest BCUT2D eigenvalue weighted by Crippen LogP contribution is 2.16. The van der Waals surface area contributed by atoms with Gasteiger partial charge < -0.3 is 10.3 Å². The number of imidazole rings is 1. The number of halogens is 2. The number of nitrogens with two attached hydrogens (primary N) is 1. The molecule has 1 aromatic heterocycles. The molecular weight excluding hydrogens is 313 g/mol. The van der Waals surface area contributed by atoms with Crippen LogP contribution in [-0.4, -0.2) is 21.9 Å². The van der Waals surface area contributed by atoms with Gasteiger partial charge in [-0.05, 0) is 23.8 Å². The highest BCUT2D eigenvalue weighted by atomic mass is 79.9. The molecule has 0 aliphatic carbocycles. The van der Waals surface area contributed by atoms with Crippen molar-refractivity contribution in [1.82, 2.24) is 9.55 Å². The van der Waals surface area contributed by atoms with Crippen LogP contribution in [0.25, 0.3) is 0 Å². The summed E-state index contributed by atoms with van der Waals surface area (Å²) in [6, 6.07) is 4.42. The van der Waals surface area contributed by atoms with Crippen LogP contribution in [0.3, 0.4) is 0 Å². The summed E-state index contributed by atoms with van der Waals surface area (Å²) in [4.78, 5) is 16.0. The summed E-state index contributed by atoms with van der Waals surface area (Å²) in [5.74, 6) is -0.515. The third-order valence-electron chi connectivity index (χ3n) is 2.59. The van der Waals surface area contributed by atoms with Crippen molar-refractivity contribution in [2.24, 2.45) is 5.73 Å². The summed E-state index contributed by atoms with van der Waals surface area (Å²) in [6.07, 6.45) is 3.35. The van der Waals surface area contributed by atoms with Gasteiger partial charge in [-0.25, -0.2) is 9.37 Å². The number of carbonyl (C=O) groups is 1. The summed E-state index contributed by atoms with van der Waals surface area (Å²) < 4.78 is 15.6. The molecule has 4 nitrogen and oxygen atoms in total. The fraction of sp³-hybridized carbons (Fsp3) is 0.231. The lowest BCUT2D eigenvalue weighted by molar-refractivity contribution is 0.0988. The predicted molar refractivity (Wildman–Crippen MR) is 73.4 cm³/mol. The molecule has 0 bridgehead atoms. The largest absolute Gasteiger partial charge is 0.335 e. The number of rotatable bonds is 5. The van der Waals surface area contributed by atoms with Crippen molar-refractivity contribution in [2.75, 3.05) is 6.54 Å². The van der Waals surface area contributed by atoms with Crippen molar-refractivity contribution in [3.8, 4) is 0 Å². The molecule has 2 rings (SSSR count). The first-order chi connectivity index (χ1) is 9.08. The minimum absolute atomic E-state index is 0.121. The van der Waals surface area contributed by atoms with E-state index < -0.39 is 0 Å². The minimum Gasteiger partial charge on any atom is -0.335 e. The maximum Gasteiger partial charge on any atom is 0.187 e.